The zero-order valence-corrected chi connectivity index (χ0v) is 11.4. The molecular formula is C16H27N. The van der Waals surface area contributed by atoms with E-state index in [0.717, 1.165) is 23.8 Å². The van der Waals surface area contributed by atoms with E-state index in [0.29, 0.717) is 5.41 Å². The molecular weight excluding hydrogens is 206 g/mol. The van der Waals surface area contributed by atoms with E-state index < -0.39 is 0 Å². The summed E-state index contributed by atoms with van der Waals surface area (Å²) in [5.41, 5.74) is 0.656. The zero-order valence-electron chi connectivity index (χ0n) is 11.4. The van der Waals surface area contributed by atoms with Crippen molar-refractivity contribution in [2.45, 2.75) is 57.9 Å². The van der Waals surface area contributed by atoms with Gasteiger partial charge in [0.1, 0.15) is 0 Å². The highest BCUT2D eigenvalue weighted by molar-refractivity contribution is 5.07. The molecule has 1 unspecified atom stereocenters. The Hall–Kier alpha value is -0.300. The van der Waals surface area contributed by atoms with Crippen molar-refractivity contribution in [3.05, 3.63) is 12.2 Å². The Morgan fingerprint density at radius 2 is 1.65 bits per heavy atom. The topological polar surface area (TPSA) is 12.0 Å². The fourth-order valence-electron chi connectivity index (χ4n) is 5.55. The fourth-order valence-corrected chi connectivity index (χ4v) is 5.55. The highest BCUT2D eigenvalue weighted by Crippen LogP contribution is 2.61. The summed E-state index contributed by atoms with van der Waals surface area (Å²) in [4.78, 5) is 0. The third-order valence-corrected chi connectivity index (χ3v) is 5.78. The van der Waals surface area contributed by atoms with Gasteiger partial charge in [-0.1, -0.05) is 12.2 Å². The molecule has 0 amide bonds. The fraction of sp³-hybridized carbons (Fsp3) is 0.875. The van der Waals surface area contributed by atoms with Crippen molar-refractivity contribution >= 4 is 0 Å². The van der Waals surface area contributed by atoms with Crippen molar-refractivity contribution in [2.24, 2.45) is 23.2 Å². The largest absolute Gasteiger partial charge is 0.316 e. The molecule has 4 aliphatic carbocycles. The zero-order chi connectivity index (χ0) is 11.9. The standard InChI is InChI=1S/C16H27N/c1-3-4-5-15(17-2)16-9-12-6-13(10-16)8-14(7-12)11-16/h3-4,12-15,17H,5-11H2,1-2H3/b4-3+. The second-order valence-electron chi connectivity index (χ2n) is 6.93. The molecule has 1 atom stereocenters. The van der Waals surface area contributed by atoms with Crippen LogP contribution in [0, 0.1) is 23.2 Å². The Balaban J connectivity index is 1.80. The van der Waals surface area contributed by atoms with Gasteiger partial charge < -0.3 is 5.32 Å². The molecule has 4 bridgehead atoms. The summed E-state index contributed by atoms with van der Waals surface area (Å²) in [6.07, 6.45) is 15.0. The summed E-state index contributed by atoms with van der Waals surface area (Å²) in [6.45, 7) is 2.15. The lowest BCUT2D eigenvalue weighted by Gasteiger charge is -2.59. The predicted octanol–water partition coefficient (Wildman–Crippen LogP) is 3.76. The quantitative estimate of drug-likeness (QED) is 0.729. The van der Waals surface area contributed by atoms with Gasteiger partial charge in [-0.05, 0) is 82.1 Å². The maximum atomic E-state index is 3.64. The number of hydrogen-bond donors (Lipinski definition) is 1. The second-order valence-corrected chi connectivity index (χ2v) is 6.93. The Labute approximate surface area is 106 Å². The molecule has 0 aromatic heterocycles. The van der Waals surface area contributed by atoms with Crippen LogP contribution in [-0.4, -0.2) is 13.1 Å². The lowest BCUT2D eigenvalue weighted by atomic mass is 9.47. The third-order valence-electron chi connectivity index (χ3n) is 5.78. The molecule has 4 rings (SSSR count). The highest BCUT2D eigenvalue weighted by atomic mass is 14.9. The van der Waals surface area contributed by atoms with Crippen molar-refractivity contribution in [3.8, 4) is 0 Å². The van der Waals surface area contributed by atoms with Crippen LogP contribution < -0.4 is 5.32 Å². The molecule has 0 heterocycles. The SMILES string of the molecule is C/C=C/CC(NC)C12CC3CC(CC(C3)C1)C2. The molecule has 4 aliphatic rings. The van der Waals surface area contributed by atoms with Gasteiger partial charge in [0.2, 0.25) is 0 Å². The first kappa shape index (κ1) is 11.8. The van der Waals surface area contributed by atoms with Gasteiger partial charge in [-0.3, -0.25) is 0 Å². The monoisotopic (exact) mass is 233 g/mol. The van der Waals surface area contributed by atoms with Gasteiger partial charge in [-0.25, -0.2) is 0 Å². The molecule has 0 saturated heterocycles. The normalized spacial score (nSPS) is 45.6. The van der Waals surface area contributed by atoms with Crippen LogP contribution in [0.3, 0.4) is 0 Å². The van der Waals surface area contributed by atoms with Gasteiger partial charge in [-0.2, -0.15) is 0 Å². The first-order valence-electron chi connectivity index (χ1n) is 7.54. The van der Waals surface area contributed by atoms with Crippen molar-refractivity contribution in [1.29, 1.82) is 0 Å². The van der Waals surface area contributed by atoms with Gasteiger partial charge in [0.05, 0.1) is 0 Å². The Morgan fingerprint density at radius 1 is 1.12 bits per heavy atom. The van der Waals surface area contributed by atoms with E-state index in [1.807, 2.05) is 0 Å². The van der Waals surface area contributed by atoms with Crippen LogP contribution in [-0.2, 0) is 0 Å². The maximum Gasteiger partial charge on any atom is 0.0155 e. The highest BCUT2D eigenvalue weighted by Gasteiger charge is 2.53. The van der Waals surface area contributed by atoms with Crippen LogP contribution in [0.5, 0.6) is 0 Å². The Morgan fingerprint density at radius 3 is 2.06 bits per heavy atom. The minimum atomic E-state index is 0.656. The molecule has 0 spiro atoms. The molecule has 1 heteroatoms. The van der Waals surface area contributed by atoms with Crippen LogP contribution in [0.4, 0.5) is 0 Å². The number of rotatable bonds is 4. The van der Waals surface area contributed by atoms with Crippen LogP contribution in [0.1, 0.15) is 51.9 Å². The Bertz CT molecular complexity index is 269. The van der Waals surface area contributed by atoms with E-state index in [1.165, 1.54) is 25.7 Å². The average Bonchev–Trinajstić information content (AvgIpc) is 2.27. The molecule has 1 nitrogen and oxygen atoms in total. The van der Waals surface area contributed by atoms with E-state index in [1.54, 1.807) is 19.3 Å². The number of nitrogens with one attached hydrogen (secondary N) is 1. The molecule has 96 valence electrons. The van der Waals surface area contributed by atoms with E-state index >= 15 is 0 Å². The molecule has 0 aromatic carbocycles. The smallest absolute Gasteiger partial charge is 0.0155 e. The molecule has 0 aromatic rings. The lowest BCUT2D eigenvalue weighted by Crippen LogP contribution is -2.55. The summed E-state index contributed by atoms with van der Waals surface area (Å²) in [6, 6.07) is 0.729. The molecule has 17 heavy (non-hydrogen) atoms. The van der Waals surface area contributed by atoms with Gasteiger partial charge in [0.25, 0.3) is 0 Å². The molecule has 1 N–H and O–H groups in total. The predicted molar refractivity (Wildman–Crippen MR) is 72.9 cm³/mol. The van der Waals surface area contributed by atoms with Crippen molar-refractivity contribution < 1.29 is 0 Å². The van der Waals surface area contributed by atoms with Crippen LogP contribution >= 0.6 is 0 Å². The molecule has 4 fully saturated rings. The molecule has 4 saturated carbocycles. The maximum absolute atomic E-state index is 3.64. The average molecular weight is 233 g/mol. The van der Waals surface area contributed by atoms with Crippen LogP contribution in [0.15, 0.2) is 12.2 Å². The van der Waals surface area contributed by atoms with E-state index in [4.69, 9.17) is 0 Å². The third kappa shape index (κ3) is 1.97. The van der Waals surface area contributed by atoms with Gasteiger partial charge in [0, 0.05) is 6.04 Å². The van der Waals surface area contributed by atoms with Crippen molar-refractivity contribution in [2.75, 3.05) is 7.05 Å². The van der Waals surface area contributed by atoms with Gasteiger partial charge in [-0.15, -0.1) is 0 Å². The summed E-state index contributed by atoms with van der Waals surface area (Å²) >= 11 is 0. The molecule has 0 radical (unpaired) electrons. The van der Waals surface area contributed by atoms with E-state index in [9.17, 15) is 0 Å². The summed E-state index contributed by atoms with van der Waals surface area (Å²) in [5.74, 6) is 3.22. The van der Waals surface area contributed by atoms with Crippen molar-refractivity contribution in [3.63, 3.8) is 0 Å². The van der Waals surface area contributed by atoms with E-state index in [2.05, 4.69) is 31.4 Å². The van der Waals surface area contributed by atoms with Crippen LogP contribution in [0.25, 0.3) is 0 Å². The first-order chi connectivity index (χ1) is 8.25. The first-order valence-corrected chi connectivity index (χ1v) is 7.54. The molecule has 0 aliphatic heterocycles. The van der Waals surface area contributed by atoms with E-state index in [-0.39, 0.29) is 0 Å². The summed E-state index contributed by atoms with van der Waals surface area (Å²) < 4.78 is 0. The minimum absolute atomic E-state index is 0.656. The summed E-state index contributed by atoms with van der Waals surface area (Å²) in [5, 5.41) is 3.64. The number of hydrogen-bond acceptors (Lipinski definition) is 1. The number of allylic oxidation sites excluding steroid dienone is 1. The second kappa shape index (κ2) is 4.42. The van der Waals surface area contributed by atoms with Crippen LogP contribution in [0.2, 0.25) is 0 Å². The van der Waals surface area contributed by atoms with Crippen molar-refractivity contribution in [1.82, 2.24) is 5.32 Å². The van der Waals surface area contributed by atoms with Gasteiger partial charge in [0.15, 0.2) is 0 Å². The summed E-state index contributed by atoms with van der Waals surface area (Å²) in [7, 11) is 2.17. The lowest BCUT2D eigenvalue weighted by molar-refractivity contribution is -0.0719. The van der Waals surface area contributed by atoms with Gasteiger partial charge >= 0.3 is 0 Å². The Kier molecular flexibility index (Phi) is 3.06. The minimum Gasteiger partial charge on any atom is -0.316 e.